The monoisotopic (exact) mass is 365 g/mol. The van der Waals surface area contributed by atoms with Crippen molar-refractivity contribution in [3.63, 3.8) is 0 Å². The van der Waals surface area contributed by atoms with Crippen molar-refractivity contribution in [3.8, 4) is 0 Å². The molecular weight excluding hydrogens is 342 g/mol. The van der Waals surface area contributed by atoms with E-state index in [1.165, 1.54) is 21.7 Å². The second-order valence-corrected chi connectivity index (χ2v) is 7.94. The Bertz CT molecular complexity index is 922. The molecule has 0 aliphatic carbocycles. The summed E-state index contributed by atoms with van der Waals surface area (Å²) in [6.45, 7) is 7.36. The Morgan fingerprint density at radius 1 is 1.12 bits per heavy atom. The van der Waals surface area contributed by atoms with Gasteiger partial charge in [0, 0.05) is 43.1 Å². The predicted molar refractivity (Wildman–Crippen MR) is 109 cm³/mol. The molecule has 1 aromatic carbocycles. The summed E-state index contributed by atoms with van der Waals surface area (Å²) in [5.74, 6) is 0.816. The third-order valence-corrected chi connectivity index (χ3v) is 6.08. The fourth-order valence-corrected chi connectivity index (χ4v) is 4.32. The van der Waals surface area contributed by atoms with Crippen molar-refractivity contribution >= 4 is 33.1 Å². The first-order valence-electron chi connectivity index (χ1n) is 8.99. The van der Waals surface area contributed by atoms with E-state index in [1.807, 2.05) is 0 Å². The van der Waals surface area contributed by atoms with Crippen LogP contribution in [0.1, 0.15) is 28.8 Å². The lowest BCUT2D eigenvalue weighted by molar-refractivity contribution is 0.266. The molecule has 0 bridgehead atoms. The second-order valence-electron chi connectivity index (χ2n) is 6.74. The number of anilines is 1. The van der Waals surface area contributed by atoms with Gasteiger partial charge in [-0.05, 0) is 25.0 Å². The molecule has 1 N–H and O–H groups in total. The maximum absolute atomic E-state index is 4.65. The van der Waals surface area contributed by atoms with Crippen LogP contribution in [-0.2, 0) is 6.54 Å². The van der Waals surface area contributed by atoms with Gasteiger partial charge in [0.2, 0.25) is 0 Å². The van der Waals surface area contributed by atoms with E-state index >= 15 is 0 Å². The molecule has 26 heavy (non-hydrogen) atoms. The van der Waals surface area contributed by atoms with Gasteiger partial charge in [0.25, 0.3) is 0 Å². The van der Waals surface area contributed by atoms with Crippen LogP contribution in [-0.4, -0.2) is 33.7 Å². The van der Waals surface area contributed by atoms with Crippen LogP contribution in [0, 0.1) is 13.8 Å². The zero-order valence-electron chi connectivity index (χ0n) is 15.2. The van der Waals surface area contributed by atoms with Crippen molar-refractivity contribution < 1.29 is 0 Å². The third-order valence-electron chi connectivity index (χ3n) is 4.97. The number of hydrogen-bond acceptors (Lipinski definition) is 6. The SMILES string of the molecule is Cc1sc2ncnc(NN=C3CCN(Cc4ccccc4)CC3)c2c1C. The Hall–Kier alpha value is -2.31. The van der Waals surface area contributed by atoms with Gasteiger partial charge in [0.1, 0.15) is 11.2 Å². The highest BCUT2D eigenvalue weighted by atomic mass is 32.1. The molecule has 0 amide bonds. The summed E-state index contributed by atoms with van der Waals surface area (Å²) >= 11 is 1.71. The Labute approximate surface area is 157 Å². The minimum Gasteiger partial charge on any atom is -0.298 e. The number of aromatic nitrogens is 2. The highest BCUT2D eigenvalue weighted by molar-refractivity contribution is 7.18. The molecular formula is C20H23N5S. The number of aryl methyl sites for hydroxylation is 2. The lowest BCUT2D eigenvalue weighted by Crippen LogP contribution is -2.33. The maximum Gasteiger partial charge on any atom is 0.158 e. The summed E-state index contributed by atoms with van der Waals surface area (Å²) < 4.78 is 0. The summed E-state index contributed by atoms with van der Waals surface area (Å²) in [6.07, 6.45) is 3.61. The quantitative estimate of drug-likeness (QED) is 0.698. The zero-order valence-corrected chi connectivity index (χ0v) is 16.0. The number of likely N-dealkylation sites (tertiary alicyclic amines) is 1. The van der Waals surface area contributed by atoms with Gasteiger partial charge in [-0.3, -0.25) is 10.3 Å². The largest absolute Gasteiger partial charge is 0.298 e. The van der Waals surface area contributed by atoms with E-state index in [4.69, 9.17) is 0 Å². The molecule has 6 heteroatoms. The van der Waals surface area contributed by atoms with Gasteiger partial charge in [0.15, 0.2) is 5.82 Å². The fraction of sp³-hybridized carbons (Fsp3) is 0.350. The molecule has 134 valence electrons. The normalized spacial score (nSPS) is 15.4. The standard InChI is InChI=1S/C20H23N5S/c1-14-15(2)26-20-18(14)19(21-13-22-20)24-23-17-8-10-25(11-9-17)12-16-6-4-3-5-7-16/h3-7,13H,8-12H2,1-2H3,(H,21,22,24). The summed E-state index contributed by atoms with van der Waals surface area (Å²) in [6, 6.07) is 10.7. The first-order chi connectivity index (χ1) is 12.7. The highest BCUT2D eigenvalue weighted by Gasteiger charge is 2.16. The molecule has 1 aliphatic heterocycles. The van der Waals surface area contributed by atoms with Gasteiger partial charge in [0.05, 0.1) is 5.39 Å². The Balaban J connectivity index is 1.40. The van der Waals surface area contributed by atoms with E-state index in [0.29, 0.717) is 0 Å². The van der Waals surface area contributed by atoms with Crippen molar-refractivity contribution in [3.05, 3.63) is 52.7 Å². The fourth-order valence-electron chi connectivity index (χ4n) is 3.32. The molecule has 3 heterocycles. The van der Waals surface area contributed by atoms with Gasteiger partial charge >= 0.3 is 0 Å². The number of piperidine rings is 1. The number of hydrazone groups is 1. The molecule has 2 aromatic heterocycles. The van der Waals surface area contributed by atoms with Crippen LogP contribution < -0.4 is 5.43 Å². The molecule has 3 aromatic rings. The number of benzene rings is 1. The topological polar surface area (TPSA) is 53.4 Å². The minimum absolute atomic E-state index is 0.816. The van der Waals surface area contributed by atoms with Crippen molar-refractivity contribution in [2.45, 2.75) is 33.2 Å². The minimum atomic E-state index is 0.816. The van der Waals surface area contributed by atoms with Crippen molar-refractivity contribution in [2.24, 2.45) is 5.10 Å². The van der Waals surface area contributed by atoms with Gasteiger partial charge in [-0.2, -0.15) is 5.10 Å². The van der Waals surface area contributed by atoms with Crippen LogP contribution in [0.2, 0.25) is 0 Å². The lowest BCUT2D eigenvalue weighted by atomic mass is 10.1. The Morgan fingerprint density at radius 3 is 2.65 bits per heavy atom. The summed E-state index contributed by atoms with van der Waals surface area (Å²) in [7, 11) is 0. The molecule has 1 fully saturated rings. The molecule has 0 unspecified atom stereocenters. The molecule has 4 rings (SSSR count). The molecule has 0 spiro atoms. The van der Waals surface area contributed by atoms with Crippen LogP contribution >= 0.6 is 11.3 Å². The number of rotatable bonds is 4. The van der Waals surface area contributed by atoms with Crippen LogP contribution in [0.5, 0.6) is 0 Å². The molecule has 0 saturated carbocycles. The highest BCUT2D eigenvalue weighted by Crippen LogP contribution is 2.32. The first-order valence-corrected chi connectivity index (χ1v) is 9.81. The number of fused-ring (bicyclic) bond motifs is 1. The van der Waals surface area contributed by atoms with Crippen LogP contribution in [0.4, 0.5) is 5.82 Å². The molecule has 0 atom stereocenters. The van der Waals surface area contributed by atoms with Gasteiger partial charge in [-0.25, -0.2) is 9.97 Å². The summed E-state index contributed by atoms with van der Waals surface area (Å²) in [5.41, 5.74) is 7.03. The number of nitrogens with one attached hydrogen (secondary N) is 1. The van der Waals surface area contributed by atoms with E-state index in [0.717, 1.165) is 48.5 Å². The smallest absolute Gasteiger partial charge is 0.158 e. The zero-order chi connectivity index (χ0) is 17.9. The lowest BCUT2D eigenvalue weighted by Gasteiger charge is -2.27. The van der Waals surface area contributed by atoms with E-state index < -0.39 is 0 Å². The summed E-state index contributed by atoms with van der Waals surface area (Å²) in [5, 5.41) is 5.75. The van der Waals surface area contributed by atoms with E-state index in [-0.39, 0.29) is 0 Å². The molecule has 5 nitrogen and oxygen atoms in total. The summed E-state index contributed by atoms with van der Waals surface area (Å²) in [4.78, 5) is 13.6. The van der Waals surface area contributed by atoms with Gasteiger partial charge in [-0.15, -0.1) is 11.3 Å². The van der Waals surface area contributed by atoms with Crippen LogP contribution in [0.3, 0.4) is 0 Å². The van der Waals surface area contributed by atoms with Gasteiger partial charge in [-0.1, -0.05) is 30.3 Å². The molecule has 1 saturated heterocycles. The van der Waals surface area contributed by atoms with Crippen molar-refractivity contribution in [1.82, 2.24) is 14.9 Å². The predicted octanol–water partition coefficient (Wildman–Crippen LogP) is 4.37. The number of hydrogen-bond donors (Lipinski definition) is 1. The third kappa shape index (κ3) is 3.61. The van der Waals surface area contributed by atoms with E-state index in [1.54, 1.807) is 17.7 Å². The maximum atomic E-state index is 4.65. The van der Waals surface area contributed by atoms with E-state index in [2.05, 4.69) is 69.6 Å². The van der Waals surface area contributed by atoms with Crippen molar-refractivity contribution in [2.75, 3.05) is 18.5 Å². The second kappa shape index (κ2) is 7.51. The van der Waals surface area contributed by atoms with Gasteiger partial charge < -0.3 is 0 Å². The average molecular weight is 366 g/mol. The number of thiophene rings is 1. The van der Waals surface area contributed by atoms with Crippen LogP contribution in [0.25, 0.3) is 10.2 Å². The first kappa shape index (κ1) is 17.1. The Kier molecular flexibility index (Phi) is 4.95. The molecule has 0 radical (unpaired) electrons. The average Bonchev–Trinajstić information content (AvgIpc) is 2.97. The van der Waals surface area contributed by atoms with E-state index in [9.17, 15) is 0 Å². The van der Waals surface area contributed by atoms with Crippen molar-refractivity contribution in [1.29, 1.82) is 0 Å². The van der Waals surface area contributed by atoms with Crippen LogP contribution in [0.15, 0.2) is 41.8 Å². The number of nitrogens with zero attached hydrogens (tertiary/aromatic N) is 4. The Morgan fingerprint density at radius 2 is 1.88 bits per heavy atom. The molecule has 1 aliphatic rings.